The van der Waals surface area contributed by atoms with Gasteiger partial charge in [-0.2, -0.15) is 0 Å². The molecule has 1 rings (SSSR count). The SMILES string of the molecule is CCOc1ccccc1P(C(C)(C)C)C(C)(C)C. The summed E-state index contributed by atoms with van der Waals surface area (Å²) in [7, 11) is -0.295. The molecule has 0 radical (unpaired) electrons. The van der Waals surface area contributed by atoms with Gasteiger partial charge in [0.25, 0.3) is 0 Å². The molecular formula is C16H27OP. The van der Waals surface area contributed by atoms with E-state index in [1.165, 1.54) is 5.30 Å². The Bertz CT molecular complexity index is 371. The van der Waals surface area contributed by atoms with E-state index in [9.17, 15) is 0 Å². The Balaban J connectivity index is 3.30. The molecule has 0 heterocycles. The lowest BCUT2D eigenvalue weighted by Crippen LogP contribution is -2.31. The van der Waals surface area contributed by atoms with Crippen LogP contribution in [0.15, 0.2) is 24.3 Å². The van der Waals surface area contributed by atoms with Gasteiger partial charge in [-0.15, -0.1) is 0 Å². The van der Waals surface area contributed by atoms with Gasteiger partial charge in [0, 0.05) is 5.30 Å². The lowest BCUT2D eigenvalue weighted by atomic mass is 10.2. The molecule has 2 heteroatoms. The maximum absolute atomic E-state index is 5.82. The molecule has 0 unspecified atom stereocenters. The summed E-state index contributed by atoms with van der Waals surface area (Å²) in [6, 6.07) is 8.54. The third-order valence-corrected chi connectivity index (χ3v) is 6.28. The second-order valence-corrected chi connectivity index (χ2v) is 10.4. The third kappa shape index (κ3) is 3.72. The van der Waals surface area contributed by atoms with E-state index < -0.39 is 0 Å². The zero-order valence-electron chi connectivity index (χ0n) is 12.9. The first-order valence-corrected chi connectivity index (χ1v) is 8.04. The largest absolute Gasteiger partial charge is 0.493 e. The van der Waals surface area contributed by atoms with Crippen molar-refractivity contribution >= 4 is 13.2 Å². The Morgan fingerprint density at radius 3 is 1.89 bits per heavy atom. The van der Waals surface area contributed by atoms with Crippen LogP contribution in [-0.2, 0) is 0 Å². The van der Waals surface area contributed by atoms with Gasteiger partial charge in [-0.1, -0.05) is 67.7 Å². The highest BCUT2D eigenvalue weighted by molar-refractivity contribution is 7.68. The quantitative estimate of drug-likeness (QED) is 0.715. The van der Waals surface area contributed by atoms with Crippen LogP contribution >= 0.6 is 7.92 Å². The maximum Gasteiger partial charge on any atom is 0.126 e. The highest BCUT2D eigenvalue weighted by atomic mass is 31.1. The first-order chi connectivity index (χ1) is 8.18. The lowest BCUT2D eigenvalue weighted by Gasteiger charge is -2.42. The van der Waals surface area contributed by atoms with Crippen molar-refractivity contribution in [1.29, 1.82) is 0 Å². The normalized spacial score (nSPS) is 12.9. The van der Waals surface area contributed by atoms with Crippen LogP contribution in [0.3, 0.4) is 0 Å². The van der Waals surface area contributed by atoms with Gasteiger partial charge in [0.15, 0.2) is 0 Å². The molecule has 1 aromatic rings. The van der Waals surface area contributed by atoms with Crippen LogP contribution in [0, 0.1) is 0 Å². The number of hydrogen-bond donors (Lipinski definition) is 0. The number of rotatable bonds is 3. The molecule has 0 saturated carbocycles. The van der Waals surface area contributed by atoms with E-state index in [1.807, 2.05) is 6.92 Å². The van der Waals surface area contributed by atoms with Gasteiger partial charge < -0.3 is 4.74 Å². The first-order valence-electron chi connectivity index (χ1n) is 6.70. The zero-order valence-corrected chi connectivity index (χ0v) is 13.8. The van der Waals surface area contributed by atoms with Gasteiger partial charge in [-0.25, -0.2) is 0 Å². The van der Waals surface area contributed by atoms with E-state index in [-0.39, 0.29) is 18.2 Å². The number of hydrogen-bond acceptors (Lipinski definition) is 1. The molecule has 0 aromatic heterocycles. The fourth-order valence-corrected chi connectivity index (χ4v) is 6.70. The predicted molar refractivity (Wildman–Crippen MR) is 83.7 cm³/mol. The van der Waals surface area contributed by atoms with E-state index in [4.69, 9.17) is 4.74 Å². The summed E-state index contributed by atoms with van der Waals surface area (Å²) in [5, 5.41) is 1.95. The molecule has 0 bridgehead atoms. The Labute approximate surface area is 114 Å². The molecule has 0 saturated heterocycles. The second-order valence-electron chi connectivity index (χ2n) is 6.58. The Morgan fingerprint density at radius 2 is 1.44 bits per heavy atom. The molecular weight excluding hydrogens is 239 g/mol. The fourth-order valence-electron chi connectivity index (χ4n) is 2.65. The summed E-state index contributed by atoms with van der Waals surface area (Å²) in [6.07, 6.45) is 0. The molecule has 102 valence electrons. The smallest absolute Gasteiger partial charge is 0.126 e. The molecule has 1 nitrogen and oxygen atoms in total. The average Bonchev–Trinajstić information content (AvgIpc) is 2.17. The van der Waals surface area contributed by atoms with Gasteiger partial charge >= 0.3 is 0 Å². The summed E-state index contributed by atoms with van der Waals surface area (Å²) < 4.78 is 5.82. The standard InChI is InChI=1S/C16H27OP/c1-8-17-13-11-9-10-12-14(13)18(15(2,3)4)16(5,6)7/h9-12H,8H2,1-7H3. The van der Waals surface area contributed by atoms with Crippen molar-refractivity contribution < 1.29 is 4.74 Å². The van der Waals surface area contributed by atoms with Crippen LogP contribution in [0.2, 0.25) is 0 Å². The van der Waals surface area contributed by atoms with E-state index >= 15 is 0 Å². The van der Waals surface area contributed by atoms with Crippen molar-refractivity contribution in [3.8, 4) is 5.75 Å². The minimum atomic E-state index is -0.295. The van der Waals surface area contributed by atoms with Gasteiger partial charge in [0.2, 0.25) is 0 Å². The molecule has 1 aromatic carbocycles. The summed E-state index contributed by atoms with van der Waals surface area (Å²) in [5.74, 6) is 1.07. The predicted octanol–water partition coefficient (Wildman–Crippen LogP) is 4.79. The van der Waals surface area contributed by atoms with Crippen molar-refractivity contribution in [1.82, 2.24) is 0 Å². The lowest BCUT2D eigenvalue weighted by molar-refractivity contribution is 0.343. The summed E-state index contributed by atoms with van der Waals surface area (Å²) in [6.45, 7) is 16.8. The van der Waals surface area contributed by atoms with Crippen LogP contribution in [0.1, 0.15) is 48.5 Å². The van der Waals surface area contributed by atoms with Crippen LogP contribution in [0.5, 0.6) is 5.75 Å². The van der Waals surface area contributed by atoms with Gasteiger partial charge in [0.05, 0.1) is 6.61 Å². The summed E-state index contributed by atoms with van der Waals surface area (Å²) >= 11 is 0. The van der Waals surface area contributed by atoms with Crippen LogP contribution in [0.4, 0.5) is 0 Å². The molecule has 18 heavy (non-hydrogen) atoms. The van der Waals surface area contributed by atoms with E-state index in [1.54, 1.807) is 0 Å². The summed E-state index contributed by atoms with van der Waals surface area (Å²) in [5.41, 5.74) is 0. The Morgan fingerprint density at radius 1 is 0.944 bits per heavy atom. The monoisotopic (exact) mass is 266 g/mol. The van der Waals surface area contributed by atoms with Crippen molar-refractivity contribution in [3.05, 3.63) is 24.3 Å². The highest BCUT2D eigenvalue weighted by Gasteiger charge is 2.37. The van der Waals surface area contributed by atoms with Gasteiger partial charge in [0.1, 0.15) is 5.75 Å². The first kappa shape index (κ1) is 15.5. The molecule has 0 aliphatic rings. The Hall–Kier alpha value is -0.550. The molecule has 0 aliphatic carbocycles. The molecule has 0 aliphatic heterocycles. The molecule has 0 fully saturated rings. The fraction of sp³-hybridized carbons (Fsp3) is 0.625. The second kappa shape index (κ2) is 5.61. The molecule has 0 N–H and O–H groups in total. The van der Waals surface area contributed by atoms with Crippen molar-refractivity contribution in [2.24, 2.45) is 0 Å². The summed E-state index contributed by atoms with van der Waals surface area (Å²) in [4.78, 5) is 0. The highest BCUT2D eigenvalue weighted by Crippen LogP contribution is 2.59. The van der Waals surface area contributed by atoms with Crippen molar-refractivity contribution in [3.63, 3.8) is 0 Å². The van der Waals surface area contributed by atoms with E-state index in [0.717, 1.165) is 12.4 Å². The van der Waals surface area contributed by atoms with E-state index in [2.05, 4.69) is 65.8 Å². The molecule has 0 spiro atoms. The topological polar surface area (TPSA) is 9.23 Å². The minimum absolute atomic E-state index is 0.279. The molecule has 0 amide bonds. The molecule has 0 atom stereocenters. The zero-order chi connectivity index (χ0) is 14.0. The number of para-hydroxylation sites is 1. The number of ether oxygens (including phenoxy) is 1. The van der Waals surface area contributed by atoms with Crippen LogP contribution in [-0.4, -0.2) is 16.9 Å². The Kier molecular flexibility index (Phi) is 4.84. The van der Waals surface area contributed by atoms with Gasteiger partial charge in [-0.3, -0.25) is 0 Å². The maximum atomic E-state index is 5.82. The van der Waals surface area contributed by atoms with Crippen LogP contribution < -0.4 is 10.0 Å². The minimum Gasteiger partial charge on any atom is -0.493 e. The van der Waals surface area contributed by atoms with E-state index in [0.29, 0.717) is 0 Å². The van der Waals surface area contributed by atoms with Crippen molar-refractivity contribution in [2.75, 3.05) is 6.61 Å². The average molecular weight is 266 g/mol. The van der Waals surface area contributed by atoms with Crippen molar-refractivity contribution in [2.45, 2.75) is 58.8 Å². The van der Waals surface area contributed by atoms with Crippen LogP contribution in [0.25, 0.3) is 0 Å². The number of benzene rings is 1. The van der Waals surface area contributed by atoms with Gasteiger partial charge in [-0.05, 0) is 23.3 Å². The third-order valence-electron chi connectivity index (χ3n) is 2.75.